The Kier molecular flexibility index (Phi) is 6.08. The molecule has 1 N–H and O–H groups in total. The Hall–Kier alpha value is -3.10. The molecular formula is C23H18ClF3N2O3. The second-order valence-electron chi connectivity index (χ2n) is 7.34. The number of carbonyl (C=O) groups is 1. The summed E-state index contributed by atoms with van der Waals surface area (Å²) in [7, 11) is 0. The summed E-state index contributed by atoms with van der Waals surface area (Å²) < 4.78 is 47.7. The zero-order valence-corrected chi connectivity index (χ0v) is 17.5. The number of carbonyl (C=O) groups excluding carboxylic acids is 1. The molecule has 1 aliphatic rings. The molecule has 166 valence electrons. The number of anilines is 1. The lowest BCUT2D eigenvalue weighted by atomic mass is 9.85. The number of aliphatic hydroxyl groups is 1. The second kappa shape index (κ2) is 8.80. The summed E-state index contributed by atoms with van der Waals surface area (Å²) >= 11 is 6.17. The third-order valence-corrected chi connectivity index (χ3v) is 5.72. The van der Waals surface area contributed by atoms with E-state index in [4.69, 9.17) is 16.3 Å². The molecule has 0 radical (unpaired) electrons. The Bertz CT molecular complexity index is 1180. The van der Waals surface area contributed by atoms with E-state index in [1.165, 1.54) is 41.3 Å². The van der Waals surface area contributed by atoms with Crippen LogP contribution in [0.3, 0.4) is 0 Å². The predicted octanol–water partition coefficient (Wildman–Crippen LogP) is 5.44. The Morgan fingerprint density at radius 2 is 1.88 bits per heavy atom. The van der Waals surface area contributed by atoms with Crippen LogP contribution in [0.1, 0.15) is 18.4 Å². The molecule has 0 bridgehead atoms. The Labute approximate surface area is 187 Å². The molecule has 1 atom stereocenters. The maximum Gasteiger partial charge on any atom is 0.416 e. The number of ether oxygens (including phenoxy) is 1. The molecule has 9 heteroatoms. The lowest BCUT2D eigenvalue weighted by Crippen LogP contribution is -2.49. The molecule has 2 aromatic carbocycles. The van der Waals surface area contributed by atoms with Gasteiger partial charge in [-0.25, -0.2) is 22.9 Å². The fraction of sp³-hybridized carbons (Fsp3) is 0.217. The van der Waals surface area contributed by atoms with E-state index in [9.17, 15) is 23.1 Å². The van der Waals surface area contributed by atoms with E-state index in [0.717, 1.165) is 6.07 Å². The zero-order valence-electron chi connectivity index (χ0n) is 16.7. The minimum atomic E-state index is -1.33. The van der Waals surface area contributed by atoms with Crippen LogP contribution in [-0.4, -0.2) is 29.3 Å². The predicted molar refractivity (Wildman–Crippen MR) is 113 cm³/mol. The molecule has 0 unspecified atom stereocenters. The molecular weight excluding hydrogens is 445 g/mol. The summed E-state index contributed by atoms with van der Waals surface area (Å²) in [6.45, 7) is -0.206. The van der Waals surface area contributed by atoms with Gasteiger partial charge in [0, 0.05) is 43.2 Å². The minimum absolute atomic E-state index is 0.0214. The number of pyridine rings is 1. The normalized spacial score (nSPS) is 18.5. The number of rotatable bonds is 5. The molecule has 2 heterocycles. The number of benzene rings is 2. The van der Waals surface area contributed by atoms with Crippen molar-refractivity contribution in [3.8, 4) is 11.3 Å². The highest BCUT2D eigenvalue weighted by atomic mass is 35.5. The smallest absolute Gasteiger partial charge is 0.416 e. The Balaban J connectivity index is 1.67. The minimum Gasteiger partial charge on any atom is -0.437 e. The SMILES string of the molecule is O=C1O[C@@](CCO)(c2ccccc2F)CCN1c1ccc(Cl)c(-c2ccc(F)cc2F)n1. The number of aliphatic hydroxyl groups excluding tert-OH is 1. The highest BCUT2D eigenvalue weighted by Gasteiger charge is 2.44. The van der Waals surface area contributed by atoms with Crippen LogP contribution < -0.4 is 4.90 Å². The average molecular weight is 463 g/mol. The third-order valence-electron chi connectivity index (χ3n) is 5.42. The van der Waals surface area contributed by atoms with Crippen molar-refractivity contribution in [1.29, 1.82) is 0 Å². The monoisotopic (exact) mass is 462 g/mol. The first-order chi connectivity index (χ1) is 15.3. The lowest BCUT2D eigenvalue weighted by Gasteiger charge is -2.41. The van der Waals surface area contributed by atoms with Crippen molar-refractivity contribution in [3.63, 3.8) is 0 Å². The van der Waals surface area contributed by atoms with E-state index in [-0.39, 0.29) is 53.7 Å². The molecule has 1 aromatic heterocycles. The van der Waals surface area contributed by atoms with Crippen LogP contribution in [0.5, 0.6) is 0 Å². The van der Waals surface area contributed by atoms with Gasteiger partial charge < -0.3 is 9.84 Å². The van der Waals surface area contributed by atoms with Crippen molar-refractivity contribution in [2.24, 2.45) is 0 Å². The second-order valence-corrected chi connectivity index (χ2v) is 7.75. The molecule has 1 fully saturated rings. The van der Waals surface area contributed by atoms with E-state index in [0.29, 0.717) is 6.07 Å². The van der Waals surface area contributed by atoms with E-state index >= 15 is 0 Å². The fourth-order valence-corrected chi connectivity index (χ4v) is 4.04. The molecule has 5 nitrogen and oxygen atoms in total. The molecule has 32 heavy (non-hydrogen) atoms. The van der Waals surface area contributed by atoms with Gasteiger partial charge in [-0.15, -0.1) is 0 Å². The molecule has 1 aliphatic heterocycles. The molecule has 1 amide bonds. The molecule has 3 aromatic rings. The van der Waals surface area contributed by atoms with Gasteiger partial charge in [0.15, 0.2) is 0 Å². The van der Waals surface area contributed by atoms with Crippen LogP contribution in [0.4, 0.5) is 23.8 Å². The summed E-state index contributed by atoms with van der Waals surface area (Å²) in [5.74, 6) is -1.99. The summed E-state index contributed by atoms with van der Waals surface area (Å²) in [5, 5.41) is 9.64. The first-order valence-electron chi connectivity index (χ1n) is 9.83. The lowest BCUT2D eigenvalue weighted by molar-refractivity contribution is -0.0282. The number of cyclic esters (lactones) is 1. The first-order valence-corrected chi connectivity index (χ1v) is 10.2. The van der Waals surface area contributed by atoms with Crippen molar-refractivity contribution in [2.45, 2.75) is 18.4 Å². The number of aromatic nitrogens is 1. The molecule has 0 aliphatic carbocycles. The van der Waals surface area contributed by atoms with Gasteiger partial charge in [0.25, 0.3) is 0 Å². The van der Waals surface area contributed by atoms with Crippen LogP contribution in [0.2, 0.25) is 5.02 Å². The van der Waals surface area contributed by atoms with Gasteiger partial charge in [0.05, 0.1) is 10.7 Å². The summed E-state index contributed by atoms with van der Waals surface area (Å²) in [6.07, 6.45) is -0.591. The number of hydrogen-bond acceptors (Lipinski definition) is 4. The topological polar surface area (TPSA) is 62.7 Å². The number of amides is 1. The summed E-state index contributed by atoms with van der Waals surface area (Å²) in [4.78, 5) is 18.4. The van der Waals surface area contributed by atoms with E-state index in [1.807, 2.05) is 0 Å². The number of hydrogen-bond donors (Lipinski definition) is 1. The molecule has 4 rings (SSSR count). The van der Waals surface area contributed by atoms with Crippen molar-refractivity contribution in [1.82, 2.24) is 4.98 Å². The van der Waals surface area contributed by atoms with Gasteiger partial charge in [-0.3, -0.25) is 4.90 Å². The first kappa shape index (κ1) is 22.1. The summed E-state index contributed by atoms with van der Waals surface area (Å²) in [5.41, 5.74) is -1.13. The van der Waals surface area contributed by atoms with Gasteiger partial charge in [-0.05, 0) is 30.3 Å². The molecule has 1 saturated heterocycles. The van der Waals surface area contributed by atoms with Crippen molar-refractivity contribution < 1.29 is 27.8 Å². The maximum atomic E-state index is 14.5. The quantitative estimate of drug-likeness (QED) is 0.548. The van der Waals surface area contributed by atoms with Crippen molar-refractivity contribution >= 4 is 23.5 Å². The maximum absolute atomic E-state index is 14.5. The van der Waals surface area contributed by atoms with Gasteiger partial charge in [-0.1, -0.05) is 29.8 Å². The van der Waals surface area contributed by atoms with Gasteiger partial charge in [0.1, 0.15) is 28.9 Å². The van der Waals surface area contributed by atoms with Crippen LogP contribution in [0.15, 0.2) is 54.6 Å². The Morgan fingerprint density at radius 1 is 1.09 bits per heavy atom. The van der Waals surface area contributed by atoms with Crippen LogP contribution >= 0.6 is 11.6 Å². The van der Waals surface area contributed by atoms with Crippen LogP contribution in [-0.2, 0) is 10.3 Å². The van der Waals surface area contributed by atoms with Gasteiger partial charge >= 0.3 is 6.09 Å². The van der Waals surface area contributed by atoms with Crippen molar-refractivity contribution in [2.75, 3.05) is 18.1 Å². The number of halogens is 4. The van der Waals surface area contributed by atoms with Gasteiger partial charge in [-0.2, -0.15) is 0 Å². The molecule has 0 spiro atoms. The number of nitrogens with zero attached hydrogens (tertiary/aromatic N) is 2. The van der Waals surface area contributed by atoms with E-state index in [1.54, 1.807) is 6.07 Å². The van der Waals surface area contributed by atoms with Crippen molar-refractivity contribution in [3.05, 3.63) is 82.6 Å². The fourth-order valence-electron chi connectivity index (χ4n) is 3.83. The average Bonchev–Trinajstić information content (AvgIpc) is 2.75. The standard InChI is InChI=1S/C23H18ClF3N2O3/c24-17-7-8-20(28-21(17)15-6-5-14(25)13-19(15)27)29-11-9-23(10-12-30,32-22(29)31)16-3-1-2-4-18(16)26/h1-8,13,30H,9-12H2/t23-/m0/s1. The highest BCUT2D eigenvalue weighted by Crippen LogP contribution is 2.40. The Morgan fingerprint density at radius 3 is 2.56 bits per heavy atom. The van der Waals surface area contributed by atoms with Crippen LogP contribution in [0, 0.1) is 17.5 Å². The zero-order chi connectivity index (χ0) is 22.9. The van der Waals surface area contributed by atoms with Crippen LogP contribution in [0.25, 0.3) is 11.3 Å². The largest absolute Gasteiger partial charge is 0.437 e. The highest BCUT2D eigenvalue weighted by molar-refractivity contribution is 6.33. The third kappa shape index (κ3) is 4.03. The van der Waals surface area contributed by atoms with E-state index < -0.39 is 29.1 Å². The summed E-state index contributed by atoms with van der Waals surface area (Å²) in [6, 6.07) is 11.9. The molecule has 0 saturated carbocycles. The van der Waals surface area contributed by atoms with Gasteiger partial charge in [0.2, 0.25) is 0 Å². The van der Waals surface area contributed by atoms with E-state index in [2.05, 4.69) is 4.98 Å².